The average molecular weight is 299 g/mol. The van der Waals surface area contributed by atoms with E-state index in [2.05, 4.69) is 19.2 Å². The van der Waals surface area contributed by atoms with Crippen LogP contribution in [0.1, 0.15) is 36.8 Å². The molecule has 0 unspecified atom stereocenters. The summed E-state index contributed by atoms with van der Waals surface area (Å²) in [5, 5.41) is 3.34. The molecule has 5 nitrogen and oxygen atoms in total. The molecule has 5 heteroatoms. The molecule has 0 aliphatic carbocycles. The maximum atomic E-state index is 5.78. The summed E-state index contributed by atoms with van der Waals surface area (Å²) in [7, 11) is 1.69. The van der Waals surface area contributed by atoms with Crippen LogP contribution in [0.3, 0.4) is 0 Å². The largest absolute Gasteiger partial charge is 0.462 e. The van der Waals surface area contributed by atoms with Crippen LogP contribution in [0.25, 0.3) is 0 Å². The third-order valence-electron chi connectivity index (χ3n) is 3.04. The van der Waals surface area contributed by atoms with E-state index in [-0.39, 0.29) is 0 Å². The topological polar surface area (TPSA) is 52.9 Å². The molecule has 0 radical (unpaired) electrons. The Kier molecular flexibility index (Phi) is 10.2. The molecule has 1 aromatic heterocycles. The number of hydrogen-bond acceptors (Lipinski definition) is 5. The van der Waals surface area contributed by atoms with Gasteiger partial charge in [-0.15, -0.1) is 0 Å². The first-order valence-corrected chi connectivity index (χ1v) is 7.71. The third kappa shape index (κ3) is 8.21. The molecule has 0 aliphatic rings. The van der Waals surface area contributed by atoms with Gasteiger partial charge in [-0.25, -0.2) is 0 Å². The van der Waals surface area contributed by atoms with E-state index >= 15 is 0 Å². The highest BCUT2D eigenvalue weighted by atomic mass is 16.5. The monoisotopic (exact) mass is 299 g/mol. The van der Waals surface area contributed by atoms with Gasteiger partial charge in [-0.05, 0) is 37.9 Å². The van der Waals surface area contributed by atoms with Gasteiger partial charge >= 0.3 is 0 Å². The highest BCUT2D eigenvalue weighted by Crippen LogP contribution is 2.15. The van der Waals surface area contributed by atoms with Gasteiger partial charge in [0.15, 0.2) is 0 Å². The second-order valence-electron chi connectivity index (χ2n) is 5.01. The smallest absolute Gasteiger partial charge is 0.130 e. The molecule has 1 heterocycles. The van der Waals surface area contributed by atoms with Crippen molar-refractivity contribution in [3.05, 3.63) is 23.2 Å². The zero-order chi connectivity index (χ0) is 15.3. The van der Waals surface area contributed by atoms with E-state index < -0.39 is 0 Å². The van der Waals surface area contributed by atoms with Crippen molar-refractivity contribution in [2.24, 2.45) is 0 Å². The van der Waals surface area contributed by atoms with Crippen LogP contribution in [-0.2, 0) is 27.4 Å². The van der Waals surface area contributed by atoms with Gasteiger partial charge in [0.2, 0.25) is 0 Å². The first-order valence-electron chi connectivity index (χ1n) is 7.71. The fourth-order valence-electron chi connectivity index (χ4n) is 1.91. The van der Waals surface area contributed by atoms with Crippen LogP contribution in [-0.4, -0.2) is 40.1 Å². The second kappa shape index (κ2) is 11.7. The highest BCUT2D eigenvalue weighted by molar-refractivity contribution is 5.19. The molecule has 0 saturated carbocycles. The Bertz CT molecular complexity index is 365. The van der Waals surface area contributed by atoms with Gasteiger partial charge in [0.1, 0.15) is 18.1 Å². The second-order valence-corrected chi connectivity index (χ2v) is 5.01. The summed E-state index contributed by atoms with van der Waals surface area (Å²) in [4.78, 5) is 0. The van der Waals surface area contributed by atoms with Gasteiger partial charge in [-0.3, -0.25) is 0 Å². The molecule has 1 N–H and O–H groups in total. The summed E-state index contributed by atoms with van der Waals surface area (Å²) in [6.45, 7) is 9.13. The van der Waals surface area contributed by atoms with Crippen molar-refractivity contribution in [3.63, 3.8) is 0 Å². The molecule has 0 atom stereocenters. The van der Waals surface area contributed by atoms with E-state index in [9.17, 15) is 0 Å². The van der Waals surface area contributed by atoms with Crippen molar-refractivity contribution in [3.8, 4) is 0 Å². The molecule has 0 aromatic carbocycles. The van der Waals surface area contributed by atoms with Crippen LogP contribution in [0.2, 0.25) is 0 Å². The standard InChI is InChI=1S/C16H29NO4/c1-4-6-17-12-16-14(2)11-15(21-16)13-20-10-9-19-8-5-7-18-3/h11,17H,4-10,12-13H2,1-3H3. The van der Waals surface area contributed by atoms with E-state index in [1.165, 1.54) is 5.56 Å². The molecule has 1 aromatic rings. The summed E-state index contributed by atoms with van der Waals surface area (Å²) in [5.41, 5.74) is 1.17. The van der Waals surface area contributed by atoms with Crippen molar-refractivity contribution in [1.29, 1.82) is 0 Å². The summed E-state index contributed by atoms with van der Waals surface area (Å²) < 4.78 is 21.7. The van der Waals surface area contributed by atoms with E-state index in [1.54, 1.807) is 7.11 Å². The SMILES string of the molecule is CCCNCc1oc(COCCOCCCOC)cc1C. The summed E-state index contributed by atoms with van der Waals surface area (Å²) >= 11 is 0. The van der Waals surface area contributed by atoms with E-state index in [1.807, 2.05) is 6.07 Å². The number of methoxy groups -OCH3 is 1. The number of hydrogen-bond donors (Lipinski definition) is 1. The van der Waals surface area contributed by atoms with Crippen molar-refractivity contribution in [2.45, 2.75) is 39.8 Å². The highest BCUT2D eigenvalue weighted by Gasteiger charge is 2.07. The first kappa shape index (κ1) is 18.2. The normalized spacial score (nSPS) is 11.2. The number of rotatable bonds is 13. The van der Waals surface area contributed by atoms with Gasteiger partial charge < -0.3 is 23.9 Å². The molecule has 1 rings (SSSR count). The summed E-state index contributed by atoms with van der Waals surface area (Å²) in [5.74, 6) is 1.87. The fourth-order valence-corrected chi connectivity index (χ4v) is 1.91. The lowest BCUT2D eigenvalue weighted by molar-refractivity contribution is 0.0284. The number of furan rings is 1. The minimum Gasteiger partial charge on any atom is -0.462 e. The van der Waals surface area contributed by atoms with Gasteiger partial charge in [0.25, 0.3) is 0 Å². The van der Waals surface area contributed by atoms with Crippen molar-refractivity contribution >= 4 is 0 Å². The van der Waals surface area contributed by atoms with Crippen molar-refractivity contribution < 1.29 is 18.6 Å². The van der Waals surface area contributed by atoms with Crippen LogP contribution < -0.4 is 5.32 Å². The Morgan fingerprint density at radius 3 is 2.71 bits per heavy atom. The molecular weight excluding hydrogens is 270 g/mol. The Labute approximate surface area is 127 Å². The Morgan fingerprint density at radius 2 is 1.95 bits per heavy atom. The van der Waals surface area contributed by atoms with Gasteiger partial charge in [0, 0.05) is 20.3 Å². The molecule has 0 saturated heterocycles. The van der Waals surface area contributed by atoms with Crippen molar-refractivity contribution in [2.75, 3.05) is 40.1 Å². The van der Waals surface area contributed by atoms with E-state index in [0.29, 0.717) is 26.4 Å². The minimum absolute atomic E-state index is 0.496. The molecule has 122 valence electrons. The molecule has 0 bridgehead atoms. The fraction of sp³-hybridized carbons (Fsp3) is 0.750. The molecule has 0 amide bonds. The molecule has 0 aliphatic heterocycles. The zero-order valence-corrected chi connectivity index (χ0v) is 13.6. The Morgan fingerprint density at radius 1 is 1.14 bits per heavy atom. The molecule has 0 spiro atoms. The number of nitrogens with one attached hydrogen (secondary N) is 1. The van der Waals surface area contributed by atoms with Crippen molar-refractivity contribution in [1.82, 2.24) is 5.32 Å². The van der Waals surface area contributed by atoms with Crippen LogP contribution >= 0.6 is 0 Å². The van der Waals surface area contributed by atoms with E-state index in [4.69, 9.17) is 18.6 Å². The lowest BCUT2D eigenvalue weighted by Gasteiger charge is -2.04. The van der Waals surface area contributed by atoms with Crippen LogP contribution in [0, 0.1) is 6.92 Å². The lowest BCUT2D eigenvalue weighted by atomic mass is 10.2. The lowest BCUT2D eigenvalue weighted by Crippen LogP contribution is -2.13. The number of ether oxygens (including phenoxy) is 3. The van der Waals surface area contributed by atoms with E-state index in [0.717, 1.165) is 44.1 Å². The average Bonchev–Trinajstić information content (AvgIpc) is 2.82. The zero-order valence-electron chi connectivity index (χ0n) is 13.6. The third-order valence-corrected chi connectivity index (χ3v) is 3.04. The summed E-state index contributed by atoms with van der Waals surface area (Å²) in [6, 6.07) is 2.04. The maximum Gasteiger partial charge on any atom is 0.130 e. The number of aryl methyl sites for hydroxylation is 1. The Hall–Kier alpha value is -0.880. The predicted molar refractivity (Wildman–Crippen MR) is 82.4 cm³/mol. The van der Waals surface area contributed by atoms with Gasteiger partial charge in [0.05, 0.1) is 19.8 Å². The predicted octanol–water partition coefficient (Wildman–Crippen LogP) is 2.66. The van der Waals surface area contributed by atoms with Gasteiger partial charge in [-0.1, -0.05) is 6.92 Å². The molecule has 0 fully saturated rings. The van der Waals surface area contributed by atoms with Crippen LogP contribution in [0.4, 0.5) is 0 Å². The van der Waals surface area contributed by atoms with Crippen LogP contribution in [0.5, 0.6) is 0 Å². The Balaban J connectivity index is 2.10. The summed E-state index contributed by atoms with van der Waals surface area (Å²) in [6.07, 6.45) is 2.04. The van der Waals surface area contributed by atoms with Crippen LogP contribution in [0.15, 0.2) is 10.5 Å². The molecular formula is C16H29NO4. The maximum absolute atomic E-state index is 5.78. The minimum atomic E-state index is 0.496. The molecule has 21 heavy (non-hydrogen) atoms. The first-order chi connectivity index (χ1) is 10.3. The quantitative estimate of drug-likeness (QED) is 0.568. The van der Waals surface area contributed by atoms with Gasteiger partial charge in [-0.2, -0.15) is 0 Å².